The van der Waals surface area contributed by atoms with Crippen LogP contribution in [-0.4, -0.2) is 44.4 Å². The Kier molecular flexibility index (Phi) is 8.63. The highest BCUT2D eigenvalue weighted by Crippen LogP contribution is 2.33. The molecule has 7 nitrogen and oxygen atoms in total. The first kappa shape index (κ1) is 25.6. The molecule has 1 fully saturated rings. The molecule has 1 aliphatic heterocycles. The van der Waals surface area contributed by atoms with Crippen LogP contribution in [0, 0.1) is 0 Å². The summed E-state index contributed by atoms with van der Waals surface area (Å²) in [7, 11) is 3.84. The third kappa shape index (κ3) is 5.56. The Hall–Kier alpha value is -2.97. The number of ether oxygens (including phenoxy) is 1. The molecule has 2 aromatic rings. The van der Waals surface area contributed by atoms with Crippen LogP contribution < -0.4 is 5.32 Å². The Morgan fingerprint density at radius 3 is 2.09 bits per heavy atom. The third-order valence-corrected chi connectivity index (χ3v) is 6.90. The number of nitrogens with one attached hydrogen (secondary N) is 1. The monoisotopic (exact) mass is 502 g/mol. The van der Waals surface area contributed by atoms with E-state index in [1.807, 2.05) is 67.6 Å². The third-order valence-electron chi connectivity index (χ3n) is 5.47. The SMILES string of the molecule is C=C(C)C(C(=O)OC(c1ccccc1)c1ccccc1)N1C(=O)C(NC(=O)CCC)C1S(=O)Cl. The first-order valence-electron chi connectivity index (χ1n) is 10.9. The fourth-order valence-corrected chi connectivity index (χ4v) is 5.25. The van der Waals surface area contributed by atoms with Crippen molar-refractivity contribution in [1.82, 2.24) is 10.2 Å². The number of amides is 2. The van der Waals surface area contributed by atoms with Gasteiger partial charge in [-0.3, -0.25) is 9.59 Å². The molecule has 1 saturated heterocycles. The van der Waals surface area contributed by atoms with E-state index in [4.69, 9.17) is 15.4 Å². The molecule has 2 amide bonds. The highest BCUT2D eigenvalue weighted by molar-refractivity contribution is 8.08. The van der Waals surface area contributed by atoms with E-state index < -0.39 is 45.5 Å². The number of nitrogens with zero attached hydrogens (tertiary/aromatic N) is 1. The van der Waals surface area contributed by atoms with Gasteiger partial charge in [0, 0.05) is 6.42 Å². The number of carbonyl (C=O) groups is 3. The average Bonchev–Trinajstić information content (AvgIpc) is 2.82. The highest BCUT2D eigenvalue weighted by atomic mass is 35.7. The van der Waals surface area contributed by atoms with Crippen LogP contribution in [-0.2, 0) is 29.1 Å². The van der Waals surface area contributed by atoms with Gasteiger partial charge in [-0.1, -0.05) is 74.2 Å². The van der Waals surface area contributed by atoms with E-state index in [2.05, 4.69) is 11.9 Å². The summed E-state index contributed by atoms with van der Waals surface area (Å²) >= 11 is 0. The van der Waals surface area contributed by atoms with Crippen molar-refractivity contribution in [2.24, 2.45) is 0 Å². The number of esters is 1. The minimum atomic E-state index is -2.05. The number of likely N-dealkylation sites (tertiary alicyclic amines) is 1. The summed E-state index contributed by atoms with van der Waals surface area (Å²) in [5.74, 6) is -1.65. The van der Waals surface area contributed by atoms with Gasteiger partial charge in [0.25, 0.3) is 0 Å². The number of halogens is 1. The van der Waals surface area contributed by atoms with Crippen LogP contribution in [0.5, 0.6) is 0 Å². The maximum absolute atomic E-state index is 13.4. The lowest BCUT2D eigenvalue weighted by atomic mass is 9.98. The summed E-state index contributed by atoms with van der Waals surface area (Å²) in [5, 5.41) is 1.48. The smallest absolute Gasteiger partial charge is 0.334 e. The molecular weight excluding hydrogens is 476 g/mol. The lowest BCUT2D eigenvalue weighted by Crippen LogP contribution is -2.75. The number of benzene rings is 2. The summed E-state index contributed by atoms with van der Waals surface area (Å²) < 4.78 is 18.2. The van der Waals surface area contributed by atoms with Gasteiger partial charge in [0.1, 0.15) is 16.1 Å². The number of hydrogen-bond acceptors (Lipinski definition) is 5. The van der Waals surface area contributed by atoms with Crippen molar-refractivity contribution >= 4 is 38.5 Å². The van der Waals surface area contributed by atoms with E-state index in [-0.39, 0.29) is 12.3 Å². The molecule has 1 heterocycles. The number of carbonyl (C=O) groups excluding carboxylic acids is 3. The predicted molar refractivity (Wildman–Crippen MR) is 131 cm³/mol. The summed E-state index contributed by atoms with van der Waals surface area (Å²) in [5.41, 5.74) is 1.82. The summed E-state index contributed by atoms with van der Waals surface area (Å²) in [6.07, 6.45) is 0.0764. The van der Waals surface area contributed by atoms with Crippen LogP contribution in [0.4, 0.5) is 0 Å². The van der Waals surface area contributed by atoms with Gasteiger partial charge in [-0.05, 0) is 40.7 Å². The number of hydrogen-bond donors (Lipinski definition) is 1. The van der Waals surface area contributed by atoms with Crippen molar-refractivity contribution in [3.8, 4) is 0 Å². The molecule has 0 aromatic heterocycles. The second kappa shape index (κ2) is 11.4. The quantitative estimate of drug-likeness (QED) is 0.232. The molecule has 0 aliphatic carbocycles. The van der Waals surface area contributed by atoms with Gasteiger partial charge >= 0.3 is 5.97 Å². The second-order valence-corrected chi connectivity index (χ2v) is 9.96. The summed E-state index contributed by atoms with van der Waals surface area (Å²) in [4.78, 5) is 39.5. The summed E-state index contributed by atoms with van der Waals surface area (Å²) in [6.45, 7) is 7.26. The molecule has 0 radical (unpaired) electrons. The maximum atomic E-state index is 13.4. The van der Waals surface area contributed by atoms with Crippen molar-refractivity contribution < 1.29 is 23.3 Å². The minimum absolute atomic E-state index is 0.215. The van der Waals surface area contributed by atoms with E-state index >= 15 is 0 Å². The molecule has 3 rings (SSSR count). The fraction of sp³-hybridized carbons (Fsp3) is 0.320. The van der Waals surface area contributed by atoms with Crippen LogP contribution >= 0.6 is 10.7 Å². The van der Waals surface area contributed by atoms with Gasteiger partial charge < -0.3 is 15.0 Å². The molecule has 4 atom stereocenters. The van der Waals surface area contributed by atoms with Crippen molar-refractivity contribution in [1.29, 1.82) is 0 Å². The number of β-lactam (4-membered cyclic amide) rings is 1. The van der Waals surface area contributed by atoms with Gasteiger partial charge in [0.2, 0.25) is 11.8 Å². The van der Waals surface area contributed by atoms with Crippen LogP contribution in [0.1, 0.15) is 43.9 Å². The summed E-state index contributed by atoms with van der Waals surface area (Å²) in [6, 6.07) is 16.1. The van der Waals surface area contributed by atoms with Gasteiger partial charge in [-0.15, -0.1) is 0 Å². The maximum Gasteiger partial charge on any atom is 0.334 e. The molecule has 1 aliphatic rings. The van der Waals surface area contributed by atoms with E-state index in [1.165, 1.54) is 0 Å². The molecule has 2 aromatic carbocycles. The molecule has 1 N–H and O–H groups in total. The molecule has 0 spiro atoms. The molecule has 0 saturated carbocycles. The van der Waals surface area contributed by atoms with Crippen molar-refractivity contribution in [2.75, 3.05) is 0 Å². The average molecular weight is 503 g/mol. The predicted octanol–water partition coefficient (Wildman–Crippen LogP) is 3.62. The lowest BCUT2D eigenvalue weighted by molar-refractivity contribution is -0.165. The lowest BCUT2D eigenvalue weighted by Gasteiger charge is -2.48. The van der Waals surface area contributed by atoms with Crippen molar-refractivity contribution in [3.05, 3.63) is 83.9 Å². The topological polar surface area (TPSA) is 92.8 Å². The van der Waals surface area contributed by atoms with Crippen LogP contribution in [0.2, 0.25) is 0 Å². The zero-order valence-electron chi connectivity index (χ0n) is 19.0. The van der Waals surface area contributed by atoms with Crippen LogP contribution in [0.15, 0.2) is 72.8 Å². The Balaban J connectivity index is 1.88. The van der Waals surface area contributed by atoms with Crippen molar-refractivity contribution in [3.63, 3.8) is 0 Å². The van der Waals surface area contributed by atoms with Crippen molar-refractivity contribution in [2.45, 2.75) is 50.3 Å². The van der Waals surface area contributed by atoms with Crippen LogP contribution in [0.3, 0.4) is 0 Å². The number of rotatable bonds is 10. The Morgan fingerprint density at radius 1 is 1.12 bits per heavy atom. The van der Waals surface area contributed by atoms with Gasteiger partial charge in [-0.2, -0.15) is 0 Å². The second-order valence-electron chi connectivity index (χ2n) is 8.07. The standard InChI is InChI=1S/C25H27ClN2O5S/c1-4-11-19(29)27-20-23(30)28(24(20)34(26)32)21(16(2)3)25(31)33-22(17-12-7-5-8-13-17)18-14-9-6-10-15-18/h5-10,12-15,20-22,24H,2,4,11H2,1,3H3,(H,27,29). The van der Waals surface area contributed by atoms with E-state index in [0.29, 0.717) is 12.0 Å². The van der Waals surface area contributed by atoms with E-state index in [9.17, 15) is 18.6 Å². The first-order chi connectivity index (χ1) is 16.3. The largest absolute Gasteiger partial charge is 0.451 e. The van der Waals surface area contributed by atoms with Gasteiger partial charge in [0.05, 0.1) is 0 Å². The molecule has 9 heteroatoms. The van der Waals surface area contributed by atoms with E-state index in [1.54, 1.807) is 6.92 Å². The zero-order chi connectivity index (χ0) is 24.8. The molecule has 34 heavy (non-hydrogen) atoms. The Bertz CT molecular complexity index is 1040. The Morgan fingerprint density at radius 2 is 1.65 bits per heavy atom. The molecule has 0 bridgehead atoms. The molecule has 180 valence electrons. The first-order valence-corrected chi connectivity index (χ1v) is 12.9. The van der Waals surface area contributed by atoms with Crippen LogP contribution in [0.25, 0.3) is 0 Å². The fourth-order valence-electron chi connectivity index (χ4n) is 3.88. The normalized spacial score (nSPS) is 19.2. The van der Waals surface area contributed by atoms with Gasteiger partial charge in [0.15, 0.2) is 17.5 Å². The van der Waals surface area contributed by atoms with Gasteiger partial charge in [-0.25, -0.2) is 9.00 Å². The zero-order valence-corrected chi connectivity index (χ0v) is 20.6. The minimum Gasteiger partial charge on any atom is -0.451 e. The Labute approximate surface area is 206 Å². The highest BCUT2D eigenvalue weighted by Gasteiger charge is 2.56. The molecule has 4 unspecified atom stereocenters. The van der Waals surface area contributed by atoms with E-state index in [0.717, 1.165) is 16.0 Å². The molecular formula is C25H27ClN2O5S.